The van der Waals surface area contributed by atoms with Gasteiger partial charge in [0.25, 0.3) is 0 Å². The zero-order valence-corrected chi connectivity index (χ0v) is 18.8. The Morgan fingerprint density at radius 1 is 1.17 bits per heavy atom. The van der Waals surface area contributed by atoms with Crippen LogP contribution in [0.5, 0.6) is 11.6 Å². The molecule has 2 aromatic rings. The number of aliphatic hydroxyl groups is 1. The molecule has 0 radical (unpaired) electrons. The normalized spacial score (nSPS) is 13.1. The third-order valence-electron chi connectivity index (χ3n) is 3.93. The Hall–Kier alpha value is -2.29. The van der Waals surface area contributed by atoms with E-state index in [0.717, 1.165) is 5.56 Å². The van der Waals surface area contributed by atoms with Gasteiger partial charge in [0, 0.05) is 18.2 Å². The molecule has 2 N–H and O–H groups in total. The molecule has 9 heteroatoms. The van der Waals surface area contributed by atoms with Crippen molar-refractivity contribution in [1.82, 2.24) is 15.5 Å². The summed E-state index contributed by atoms with van der Waals surface area (Å²) in [5.74, 6) is 1.39. The van der Waals surface area contributed by atoms with E-state index in [1.54, 1.807) is 18.2 Å². The van der Waals surface area contributed by atoms with Crippen molar-refractivity contribution in [1.29, 1.82) is 0 Å². The first-order chi connectivity index (χ1) is 14.1. The average Bonchev–Trinajstić information content (AvgIpc) is 2.70. The summed E-state index contributed by atoms with van der Waals surface area (Å²) in [6.45, 7) is 10.6. The van der Waals surface area contributed by atoms with Crippen LogP contribution in [0.25, 0.3) is 0 Å². The molecule has 0 fully saturated rings. The summed E-state index contributed by atoms with van der Waals surface area (Å²) in [5, 5.41) is 30.0. The number of hydrogen-bond acceptors (Lipinski definition) is 8. The number of aryl methyl sites for hydroxylation is 1. The Labute approximate surface area is 182 Å². The minimum atomic E-state index is -0.703. The molecule has 0 saturated carbocycles. The molecule has 0 bridgehead atoms. The van der Waals surface area contributed by atoms with Gasteiger partial charge in [0.05, 0.1) is 11.1 Å². The number of nitrogens with one attached hydrogen (secondary N) is 1. The largest absolute Gasteiger partial charge is 0.489 e. The van der Waals surface area contributed by atoms with Gasteiger partial charge in [0.2, 0.25) is 5.88 Å². The Bertz CT molecular complexity index is 828. The van der Waals surface area contributed by atoms with E-state index in [4.69, 9.17) is 21.1 Å². The first kappa shape index (κ1) is 24.0. The van der Waals surface area contributed by atoms with Crippen LogP contribution < -0.4 is 14.8 Å². The van der Waals surface area contributed by atoms with Gasteiger partial charge >= 0.3 is 0 Å². The fourth-order valence-electron chi connectivity index (χ4n) is 2.28. The van der Waals surface area contributed by atoms with E-state index in [1.807, 2.05) is 46.8 Å². The van der Waals surface area contributed by atoms with Gasteiger partial charge in [-0.2, -0.15) is 5.11 Å². The molecule has 164 valence electrons. The monoisotopic (exact) mass is 435 g/mol. The molecule has 0 spiro atoms. The lowest BCUT2D eigenvalue weighted by Crippen LogP contribution is -2.48. The molecular formula is C21H30ClN5O3. The summed E-state index contributed by atoms with van der Waals surface area (Å²) in [6, 6.07) is 9.03. The molecule has 0 aliphatic heterocycles. The number of β-amino-alcohol motifs (C(OH)–C–C–N with tert-alkyl or cyclic N) is 1. The topological polar surface area (TPSA) is 101 Å². The van der Waals surface area contributed by atoms with E-state index < -0.39 is 11.6 Å². The van der Waals surface area contributed by atoms with E-state index in [9.17, 15) is 5.11 Å². The maximum Gasteiger partial charge on any atom is 0.233 e. The number of aliphatic hydroxyl groups excluding tert-OH is 1. The summed E-state index contributed by atoms with van der Waals surface area (Å²) >= 11 is 6.11. The summed E-state index contributed by atoms with van der Waals surface area (Å²) in [5.41, 5.74) is 0.638. The molecule has 0 aliphatic carbocycles. The van der Waals surface area contributed by atoms with Crippen LogP contribution in [0.15, 0.2) is 40.6 Å². The van der Waals surface area contributed by atoms with Crippen LogP contribution in [0.2, 0.25) is 5.02 Å². The van der Waals surface area contributed by atoms with Crippen LogP contribution in [0.4, 0.5) is 5.82 Å². The fourth-order valence-corrected chi connectivity index (χ4v) is 2.46. The molecule has 1 unspecified atom stereocenters. The van der Waals surface area contributed by atoms with Crippen LogP contribution >= 0.6 is 11.6 Å². The maximum atomic E-state index is 10.2. The Morgan fingerprint density at radius 2 is 1.93 bits per heavy atom. The third kappa shape index (κ3) is 8.61. The van der Waals surface area contributed by atoms with Crippen molar-refractivity contribution >= 4 is 17.4 Å². The highest BCUT2D eigenvalue weighted by Gasteiger charge is 2.20. The molecule has 8 nitrogen and oxygen atoms in total. The van der Waals surface area contributed by atoms with Crippen molar-refractivity contribution < 1.29 is 14.6 Å². The molecule has 1 heterocycles. The Morgan fingerprint density at radius 3 is 2.60 bits per heavy atom. The average molecular weight is 436 g/mol. The number of nitrogens with zero attached hydrogens (tertiary/aromatic N) is 4. The SMILES string of the molecule is Cc1ccc(Cl)c(OCC(O)CNC(C)(C)COc2ccc(N=NC(C)C)nn2)c1. The minimum Gasteiger partial charge on any atom is -0.489 e. The van der Waals surface area contributed by atoms with Crippen LogP contribution in [-0.4, -0.2) is 52.7 Å². The van der Waals surface area contributed by atoms with Crippen LogP contribution in [0.3, 0.4) is 0 Å². The number of halogens is 1. The predicted molar refractivity (Wildman–Crippen MR) is 117 cm³/mol. The van der Waals surface area contributed by atoms with Crippen molar-refractivity contribution in [2.75, 3.05) is 19.8 Å². The zero-order chi connectivity index (χ0) is 22.1. The van der Waals surface area contributed by atoms with Gasteiger partial charge < -0.3 is 19.9 Å². The fraction of sp³-hybridized carbons (Fsp3) is 0.524. The summed E-state index contributed by atoms with van der Waals surface area (Å²) in [6.07, 6.45) is -0.703. The number of hydrogen-bond donors (Lipinski definition) is 2. The molecule has 0 saturated heterocycles. The molecule has 1 atom stereocenters. The summed E-state index contributed by atoms with van der Waals surface area (Å²) < 4.78 is 11.3. The van der Waals surface area contributed by atoms with E-state index in [2.05, 4.69) is 25.7 Å². The Kier molecular flexibility index (Phi) is 8.95. The van der Waals surface area contributed by atoms with Gasteiger partial charge in [0.15, 0.2) is 5.82 Å². The predicted octanol–water partition coefficient (Wildman–Crippen LogP) is 4.12. The quantitative estimate of drug-likeness (QED) is 0.515. The highest BCUT2D eigenvalue weighted by Crippen LogP contribution is 2.25. The van der Waals surface area contributed by atoms with Crippen molar-refractivity contribution in [2.45, 2.75) is 52.3 Å². The Balaban J connectivity index is 1.75. The smallest absolute Gasteiger partial charge is 0.233 e. The summed E-state index contributed by atoms with van der Waals surface area (Å²) in [4.78, 5) is 0. The zero-order valence-electron chi connectivity index (χ0n) is 18.1. The van der Waals surface area contributed by atoms with Gasteiger partial charge in [-0.15, -0.1) is 15.3 Å². The van der Waals surface area contributed by atoms with Crippen molar-refractivity contribution in [3.63, 3.8) is 0 Å². The highest BCUT2D eigenvalue weighted by molar-refractivity contribution is 6.32. The third-order valence-corrected chi connectivity index (χ3v) is 4.24. The van der Waals surface area contributed by atoms with Crippen molar-refractivity contribution in [2.24, 2.45) is 10.2 Å². The second-order valence-electron chi connectivity index (χ2n) is 7.99. The van der Waals surface area contributed by atoms with Gasteiger partial charge in [-0.05, 0) is 58.4 Å². The molecule has 0 amide bonds. The number of aromatic nitrogens is 2. The molecule has 1 aromatic heterocycles. The minimum absolute atomic E-state index is 0.101. The van der Waals surface area contributed by atoms with E-state index in [1.165, 1.54) is 0 Å². The van der Waals surface area contributed by atoms with Crippen LogP contribution in [0, 0.1) is 6.92 Å². The number of rotatable bonds is 11. The molecule has 0 aliphatic rings. The lowest BCUT2D eigenvalue weighted by molar-refractivity contribution is 0.0923. The second kappa shape index (κ2) is 11.2. The number of azo groups is 1. The molecule has 1 aromatic carbocycles. The molecule has 2 rings (SSSR count). The molecule has 30 heavy (non-hydrogen) atoms. The first-order valence-corrected chi connectivity index (χ1v) is 10.2. The lowest BCUT2D eigenvalue weighted by Gasteiger charge is -2.27. The van der Waals surface area contributed by atoms with E-state index in [-0.39, 0.29) is 12.6 Å². The lowest BCUT2D eigenvalue weighted by atomic mass is 10.1. The number of ether oxygens (including phenoxy) is 2. The standard InChI is InChI=1S/C21H30ClN5O3/c1-14(2)24-25-19-8-9-20(27-26-19)30-13-21(4,5)23-11-16(28)12-29-18-10-15(3)6-7-17(18)22/h6-10,14,16,23,28H,11-13H2,1-5H3. The van der Waals surface area contributed by atoms with Crippen molar-refractivity contribution in [3.05, 3.63) is 40.9 Å². The van der Waals surface area contributed by atoms with Crippen LogP contribution in [-0.2, 0) is 0 Å². The van der Waals surface area contributed by atoms with Crippen molar-refractivity contribution in [3.8, 4) is 11.6 Å². The first-order valence-electron chi connectivity index (χ1n) is 9.84. The highest BCUT2D eigenvalue weighted by atomic mass is 35.5. The summed E-state index contributed by atoms with van der Waals surface area (Å²) in [7, 11) is 0. The van der Waals surface area contributed by atoms with Gasteiger partial charge in [0.1, 0.15) is 25.1 Å². The van der Waals surface area contributed by atoms with Crippen LogP contribution in [0.1, 0.15) is 33.3 Å². The van der Waals surface area contributed by atoms with Gasteiger partial charge in [-0.1, -0.05) is 17.7 Å². The van der Waals surface area contributed by atoms with Gasteiger partial charge in [-0.3, -0.25) is 0 Å². The van der Waals surface area contributed by atoms with E-state index in [0.29, 0.717) is 35.6 Å². The number of benzene rings is 1. The van der Waals surface area contributed by atoms with E-state index >= 15 is 0 Å². The van der Waals surface area contributed by atoms with Gasteiger partial charge in [-0.25, -0.2) is 0 Å². The second-order valence-corrected chi connectivity index (χ2v) is 8.40. The molecular weight excluding hydrogens is 406 g/mol. The maximum absolute atomic E-state index is 10.2.